The maximum Gasteiger partial charge on any atom is 0.324 e. The summed E-state index contributed by atoms with van der Waals surface area (Å²) in [5.41, 5.74) is 6.62. The van der Waals surface area contributed by atoms with E-state index in [4.69, 9.17) is 37.9 Å². The average Bonchev–Trinajstić information content (AvgIpc) is 3.54. The van der Waals surface area contributed by atoms with Gasteiger partial charge in [-0.3, -0.25) is 9.59 Å². The maximum atomic E-state index is 15.0. The molecule has 0 aromatic heterocycles. The first-order chi connectivity index (χ1) is 29.1. The van der Waals surface area contributed by atoms with Crippen LogP contribution in [0.2, 0.25) is 0 Å². The first kappa shape index (κ1) is 37.7. The Morgan fingerprint density at radius 2 is 0.966 bits per heavy atom. The summed E-state index contributed by atoms with van der Waals surface area (Å²) in [6.07, 6.45) is 11.0. The predicted octanol–water partition coefficient (Wildman–Crippen LogP) is 5.63. The van der Waals surface area contributed by atoms with Crippen molar-refractivity contribution in [2.24, 2.45) is 124 Å². The Morgan fingerprint density at radius 1 is 0.458 bits per heavy atom. The normalized spacial score (nSPS) is 48.6. The molecule has 3 unspecified atom stereocenters. The van der Waals surface area contributed by atoms with Crippen molar-refractivity contribution in [3.8, 4) is 0 Å². The highest BCUT2D eigenvalue weighted by atomic mass is 16.6. The molecule has 0 radical (unpaired) electrons. The molecule has 10 saturated carbocycles. The molecular formula is C49H66O10. The van der Waals surface area contributed by atoms with E-state index in [2.05, 4.69) is 5.57 Å². The fourth-order valence-electron chi connectivity index (χ4n) is 19.9. The number of ether oxygens (including phenoxy) is 8. The summed E-state index contributed by atoms with van der Waals surface area (Å²) >= 11 is 0. The largest absolute Gasteiger partial charge is 0.462 e. The topological polar surface area (TPSA) is 108 Å². The molecule has 59 heavy (non-hydrogen) atoms. The minimum absolute atomic E-state index is 0.000462. The van der Waals surface area contributed by atoms with Gasteiger partial charge < -0.3 is 37.9 Å². The van der Waals surface area contributed by atoms with Gasteiger partial charge in [0.05, 0.1) is 66.1 Å². The van der Waals surface area contributed by atoms with Gasteiger partial charge in [-0.25, -0.2) is 0 Å². The lowest BCUT2D eigenvalue weighted by Gasteiger charge is -2.58. The minimum Gasteiger partial charge on any atom is -0.462 e. The smallest absolute Gasteiger partial charge is 0.324 e. The Labute approximate surface area is 349 Å². The van der Waals surface area contributed by atoms with Gasteiger partial charge in [-0.2, -0.15) is 0 Å². The van der Waals surface area contributed by atoms with E-state index < -0.39 is 5.41 Å². The van der Waals surface area contributed by atoms with Gasteiger partial charge >= 0.3 is 11.9 Å². The molecule has 0 bridgehead atoms. The number of hydrogen-bond acceptors (Lipinski definition) is 10. The van der Waals surface area contributed by atoms with E-state index in [9.17, 15) is 9.59 Å². The monoisotopic (exact) mass is 814 g/mol. The van der Waals surface area contributed by atoms with E-state index >= 15 is 0 Å². The van der Waals surface area contributed by atoms with E-state index in [0.717, 1.165) is 83.4 Å². The molecule has 0 aromatic carbocycles. The zero-order chi connectivity index (χ0) is 39.3. The van der Waals surface area contributed by atoms with Crippen molar-refractivity contribution in [2.75, 3.05) is 93.5 Å². The second kappa shape index (κ2) is 14.1. The lowest BCUT2D eigenvalue weighted by molar-refractivity contribution is -0.169. The van der Waals surface area contributed by atoms with Crippen molar-refractivity contribution >= 4 is 11.9 Å². The van der Waals surface area contributed by atoms with E-state index in [1.54, 1.807) is 14.2 Å². The van der Waals surface area contributed by atoms with E-state index in [1.807, 2.05) is 16.7 Å². The summed E-state index contributed by atoms with van der Waals surface area (Å²) in [6, 6.07) is 0. The van der Waals surface area contributed by atoms with Crippen molar-refractivity contribution in [1.29, 1.82) is 0 Å². The van der Waals surface area contributed by atoms with Gasteiger partial charge in [0.15, 0.2) is 5.41 Å². The van der Waals surface area contributed by atoms with Crippen molar-refractivity contribution in [3.63, 3.8) is 0 Å². The lowest BCUT2D eigenvalue weighted by Crippen LogP contribution is -2.54. The molecule has 13 rings (SSSR count). The predicted molar refractivity (Wildman–Crippen MR) is 212 cm³/mol. The van der Waals surface area contributed by atoms with Crippen LogP contribution in [0, 0.1) is 124 Å². The van der Waals surface area contributed by atoms with Crippen LogP contribution in [0.1, 0.15) is 51.4 Å². The average molecular weight is 815 g/mol. The third kappa shape index (κ3) is 4.91. The molecule has 10 nitrogen and oxygen atoms in total. The van der Waals surface area contributed by atoms with E-state index in [0.29, 0.717) is 82.4 Å². The summed E-state index contributed by atoms with van der Waals surface area (Å²) in [4.78, 5) is 29.9. The van der Waals surface area contributed by atoms with E-state index in [1.165, 1.54) is 44.9 Å². The summed E-state index contributed by atoms with van der Waals surface area (Å²) in [7, 11) is 3.32. The number of carbonyl (C=O) groups excluding carboxylic acids is 2. The first-order valence-electron chi connectivity index (χ1n) is 24.2. The Balaban J connectivity index is 0.825. The number of rotatable bonds is 20. The van der Waals surface area contributed by atoms with Crippen LogP contribution in [-0.4, -0.2) is 105 Å². The molecule has 0 saturated heterocycles. The third-order valence-corrected chi connectivity index (χ3v) is 20.4. The molecule has 0 heterocycles. The van der Waals surface area contributed by atoms with Crippen LogP contribution in [0.25, 0.3) is 0 Å². The van der Waals surface area contributed by atoms with Gasteiger partial charge in [0.1, 0.15) is 13.2 Å². The Bertz CT molecular complexity index is 1770. The first-order valence-corrected chi connectivity index (χ1v) is 24.2. The highest BCUT2D eigenvalue weighted by molar-refractivity contribution is 6.05. The molecule has 0 amide bonds. The molecule has 0 aromatic rings. The molecular weight excluding hydrogens is 749 g/mol. The molecule has 10 heteroatoms. The summed E-state index contributed by atoms with van der Waals surface area (Å²) in [5, 5.41) is 0. The fraction of sp³-hybridized carbons (Fsp3) is 0.878. The number of allylic oxidation sites excluding steroid dienone is 4. The Morgan fingerprint density at radius 3 is 1.61 bits per heavy atom. The zero-order valence-electron chi connectivity index (χ0n) is 35.3. The second-order valence-corrected chi connectivity index (χ2v) is 21.7. The minimum atomic E-state index is -1.23. The van der Waals surface area contributed by atoms with Crippen LogP contribution in [0.15, 0.2) is 22.3 Å². The van der Waals surface area contributed by atoms with Crippen molar-refractivity contribution in [1.82, 2.24) is 0 Å². The van der Waals surface area contributed by atoms with Gasteiger partial charge in [0.25, 0.3) is 0 Å². The maximum absolute atomic E-state index is 15.0. The van der Waals surface area contributed by atoms with Crippen LogP contribution in [0.3, 0.4) is 0 Å². The Hall–Kier alpha value is -1.82. The van der Waals surface area contributed by atoms with E-state index in [-0.39, 0.29) is 50.2 Å². The zero-order valence-corrected chi connectivity index (χ0v) is 35.3. The molecule has 0 aliphatic heterocycles. The SMILES string of the molecule is COCCOCCOCCOC(=O)C1(C(=O)OCCOCCOCCOC)[C@@H]2[C@H]3C[C@H]4C[C@H]5C[C@@H]6CC[C@@H]7C[C@@H]8C[C@@H]9C[C@H]([C@@H]%10C%11=C9C8=C8C9C([C@H]6[C@@H]87)[C@H]5[C@H]4[C@H](C%119)[C@H]3%10)[C@@H]21. The number of fused-ring (bicyclic) bond motifs is 3. The molecule has 0 spiro atoms. The van der Waals surface area contributed by atoms with Crippen LogP contribution >= 0.6 is 0 Å². The van der Waals surface area contributed by atoms with Crippen LogP contribution < -0.4 is 0 Å². The van der Waals surface area contributed by atoms with Gasteiger partial charge in [-0.05, 0) is 181 Å². The van der Waals surface area contributed by atoms with Crippen LogP contribution in [0.5, 0.6) is 0 Å². The lowest BCUT2D eigenvalue weighted by atomic mass is 9.46. The van der Waals surface area contributed by atoms with Gasteiger partial charge in [-0.1, -0.05) is 11.1 Å². The van der Waals surface area contributed by atoms with Crippen molar-refractivity contribution < 1.29 is 47.5 Å². The molecule has 322 valence electrons. The van der Waals surface area contributed by atoms with Crippen molar-refractivity contribution in [2.45, 2.75) is 51.4 Å². The summed E-state index contributed by atoms with van der Waals surface area (Å²) in [5.74, 6) is 13.0. The second-order valence-electron chi connectivity index (χ2n) is 21.7. The van der Waals surface area contributed by atoms with Crippen LogP contribution in [0.4, 0.5) is 0 Å². The molecule has 20 atom stereocenters. The summed E-state index contributed by atoms with van der Waals surface area (Å²) < 4.78 is 45.3. The summed E-state index contributed by atoms with van der Waals surface area (Å²) in [6.45, 7) is 4.69. The molecule has 0 N–H and O–H groups in total. The quantitative estimate of drug-likeness (QED) is 0.0873. The number of methoxy groups -OCH3 is 2. The van der Waals surface area contributed by atoms with Crippen LogP contribution in [-0.2, 0) is 47.5 Å². The number of hydrogen-bond donors (Lipinski definition) is 0. The van der Waals surface area contributed by atoms with Gasteiger partial charge in [0.2, 0.25) is 0 Å². The van der Waals surface area contributed by atoms with Gasteiger partial charge in [0, 0.05) is 14.2 Å². The molecule has 13 aliphatic rings. The van der Waals surface area contributed by atoms with Gasteiger partial charge in [-0.15, -0.1) is 0 Å². The highest BCUT2D eigenvalue weighted by Gasteiger charge is 2.88. The molecule has 13 aliphatic carbocycles. The molecule has 10 fully saturated rings. The Kier molecular flexibility index (Phi) is 9.01. The number of carbonyl (C=O) groups is 2. The standard InChI is InChI=1S/C49H66O10/c1-52-5-7-54-9-11-56-13-15-58-47(50)49(48(51)59-16-14-57-12-10-55-8-6-53-2)45-29-21-27-19-25-17-23-3-4-24-18-26-20-28-22-30(46(45)49)38-37(29)41-35(27)33(25)39-31(23)32(24)40-34(26)36(28)42(38)44(41)43(39)40/h23-33,35,37-39,41,43-46H,3-22H2,1-2H3/t23-,24+,25+,26+,27+,28+,29-,30+,31+,32-,33+,35-,37+,38-,39?,41-,43?,44?,45+,46-/m0/s1. The third-order valence-electron chi connectivity index (χ3n) is 20.4. The van der Waals surface area contributed by atoms with Crippen molar-refractivity contribution in [3.05, 3.63) is 22.3 Å². The highest BCUT2D eigenvalue weighted by Crippen LogP contribution is 2.88. The fourth-order valence-corrected chi connectivity index (χ4v) is 19.9. The number of esters is 2.